The Bertz CT molecular complexity index is 1080. The van der Waals surface area contributed by atoms with Crippen LogP contribution in [0.15, 0.2) is 59.8 Å². The van der Waals surface area contributed by atoms with Gasteiger partial charge in [-0.05, 0) is 31.2 Å². The fourth-order valence-electron chi connectivity index (χ4n) is 3.40. The SMILES string of the molecule is COC(=O)[C@@H](C)NC(=O)[C@@H]1CN(C(=O)c2cccnc2)CCN1S(=O)(=O)c1ccccc1. The predicted molar refractivity (Wildman–Crippen MR) is 114 cm³/mol. The van der Waals surface area contributed by atoms with Crippen LogP contribution >= 0.6 is 0 Å². The van der Waals surface area contributed by atoms with Gasteiger partial charge in [-0.2, -0.15) is 4.31 Å². The van der Waals surface area contributed by atoms with E-state index in [9.17, 15) is 22.8 Å². The molecule has 32 heavy (non-hydrogen) atoms. The molecule has 0 unspecified atom stereocenters. The van der Waals surface area contributed by atoms with Gasteiger partial charge in [-0.1, -0.05) is 18.2 Å². The highest BCUT2D eigenvalue weighted by Gasteiger charge is 2.42. The number of methoxy groups -OCH3 is 1. The molecule has 1 aromatic heterocycles. The van der Waals surface area contributed by atoms with Gasteiger partial charge in [0.15, 0.2) is 0 Å². The lowest BCUT2D eigenvalue weighted by molar-refractivity contribution is -0.145. The standard InChI is InChI=1S/C21H24N4O6S/c1-15(21(28)31-2)23-19(26)18-14-24(20(27)16-7-6-10-22-13-16)11-12-25(18)32(29,30)17-8-4-3-5-9-17/h3-10,13,15,18H,11-12,14H2,1-2H3,(H,23,26)/t15-,18+/m1/s1. The number of ether oxygens (including phenoxy) is 1. The average molecular weight is 461 g/mol. The minimum atomic E-state index is -4.03. The first kappa shape index (κ1) is 23.4. The number of aromatic nitrogens is 1. The van der Waals surface area contributed by atoms with Crippen molar-refractivity contribution in [2.45, 2.75) is 23.9 Å². The number of carbonyl (C=O) groups is 3. The molecule has 1 N–H and O–H groups in total. The fraction of sp³-hybridized carbons (Fsp3) is 0.333. The largest absolute Gasteiger partial charge is 0.467 e. The molecular formula is C21H24N4O6S. The van der Waals surface area contributed by atoms with Gasteiger partial charge >= 0.3 is 5.97 Å². The number of hydrogen-bond acceptors (Lipinski definition) is 7. The summed E-state index contributed by atoms with van der Waals surface area (Å²) in [7, 11) is -2.84. The second-order valence-corrected chi connectivity index (χ2v) is 9.08. The summed E-state index contributed by atoms with van der Waals surface area (Å²) in [5, 5.41) is 2.48. The quantitative estimate of drug-likeness (QED) is 0.614. The highest BCUT2D eigenvalue weighted by Crippen LogP contribution is 2.23. The zero-order chi connectivity index (χ0) is 23.3. The van der Waals surface area contributed by atoms with E-state index in [0.29, 0.717) is 5.56 Å². The second-order valence-electron chi connectivity index (χ2n) is 7.19. The first-order valence-corrected chi connectivity index (χ1v) is 11.3. The van der Waals surface area contributed by atoms with Crippen LogP contribution in [0, 0.1) is 0 Å². The van der Waals surface area contributed by atoms with Gasteiger partial charge in [0.2, 0.25) is 15.9 Å². The summed E-state index contributed by atoms with van der Waals surface area (Å²) < 4.78 is 32.2. The normalized spacial score (nSPS) is 17.9. The minimum absolute atomic E-state index is 0.0332. The summed E-state index contributed by atoms with van der Waals surface area (Å²) in [4.78, 5) is 43.0. The van der Waals surface area contributed by atoms with E-state index in [1.165, 1.54) is 43.5 Å². The molecule has 0 spiro atoms. The highest BCUT2D eigenvalue weighted by molar-refractivity contribution is 7.89. The summed E-state index contributed by atoms with van der Waals surface area (Å²) in [6, 6.07) is 8.73. The minimum Gasteiger partial charge on any atom is -0.467 e. The smallest absolute Gasteiger partial charge is 0.328 e. The van der Waals surface area contributed by atoms with E-state index in [0.717, 1.165) is 4.31 Å². The average Bonchev–Trinajstić information content (AvgIpc) is 2.83. The monoisotopic (exact) mass is 460 g/mol. The predicted octanol–water partition coefficient (Wildman–Crippen LogP) is 0.275. The number of sulfonamides is 1. The van der Waals surface area contributed by atoms with Gasteiger partial charge < -0.3 is 15.0 Å². The Hall–Kier alpha value is -3.31. The van der Waals surface area contributed by atoms with Gasteiger partial charge in [-0.3, -0.25) is 14.6 Å². The number of carbonyl (C=O) groups excluding carboxylic acids is 3. The molecule has 2 amide bonds. The zero-order valence-electron chi connectivity index (χ0n) is 17.7. The lowest BCUT2D eigenvalue weighted by Gasteiger charge is -2.39. The number of piperazine rings is 1. The number of pyridine rings is 1. The number of benzene rings is 1. The molecule has 2 heterocycles. The Morgan fingerprint density at radius 3 is 2.47 bits per heavy atom. The van der Waals surface area contributed by atoms with E-state index in [-0.39, 0.29) is 30.4 Å². The van der Waals surface area contributed by atoms with Gasteiger partial charge in [-0.15, -0.1) is 0 Å². The topological polar surface area (TPSA) is 126 Å². The highest BCUT2D eigenvalue weighted by atomic mass is 32.2. The van der Waals surface area contributed by atoms with Crippen LogP contribution in [0.1, 0.15) is 17.3 Å². The van der Waals surface area contributed by atoms with Gasteiger partial charge in [0.25, 0.3) is 5.91 Å². The van der Waals surface area contributed by atoms with E-state index < -0.39 is 34.0 Å². The van der Waals surface area contributed by atoms with Crippen LogP contribution in [0.25, 0.3) is 0 Å². The van der Waals surface area contributed by atoms with Crippen molar-refractivity contribution < 1.29 is 27.5 Å². The molecule has 170 valence electrons. The Balaban J connectivity index is 1.90. The summed E-state index contributed by atoms with van der Waals surface area (Å²) >= 11 is 0. The molecule has 2 aromatic rings. The maximum Gasteiger partial charge on any atom is 0.328 e. The molecule has 10 nitrogen and oxygen atoms in total. The third-order valence-electron chi connectivity index (χ3n) is 5.09. The molecular weight excluding hydrogens is 436 g/mol. The van der Waals surface area contributed by atoms with E-state index in [1.807, 2.05) is 0 Å². The molecule has 0 saturated carbocycles. The van der Waals surface area contributed by atoms with Crippen LogP contribution in [-0.4, -0.2) is 79.2 Å². The third kappa shape index (κ3) is 4.94. The molecule has 1 saturated heterocycles. The summed E-state index contributed by atoms with van der Waals surface area (Å²) in [6.45, 7) is 1.25. The molecule has 0 radical (unpaired) electrons. The first-order valence-electron chi connectivity index (χ1n) is 9.90. The zero-order valence-corrected chi connectivity index (χ0v) is 18.5. The van der Waals surface area contributed by atoms with Crippen molar-refractivity contribution in [3.63, 3.8) is 0 Å². The Morgan fingerprint density at radius 1 is 1.12 bits per heavy atom. The van der Waals surface area contributed by atoms with E-state index >= 15 is 0 Å². The maximum atomic E-state index is 13.3. The molecule has 3 rings (SSSR count). The van der Waals surface area contributed by atoms with Gasteiger partial charge in [0, 0.05) is 32.0 Å². The Morgan fingerprint density at radius 2 is 1.84 bits per heavy atom. The molecule has 2 atom stereocenters. The van der Waals surface area contributed by atoms with Crippen molar-refractivity contribution in [2.75, 3.05) is 26.7 Å². The second kappa shape index (κ2) is 9.88. The Kier molecular flexibility index (Phi) is 7.21. The number of nitrogens with one attached hydrogen (secondary N) is 1. The van der Waals surface area contributed by atoms with Crippen molar-refractivity contribution in [1.29, 1.82) is 0 Å². The van der Waals surface area contributed by atoms with Crippen molar-refractivity contribution in [3.05, 3.63) is 60.4 Å². The summed E-state index contributed by atoms with van der Waals surface area (Å²) in [6.07, 6.45) is 2.94. The van der Waals surface area contributed by atoms with Crippen LogP contribution in [0.2, 0.25) is 0 Å². The first-order chi connectivity index (χ1) is 15.3. The third-order valence-corrected chi connectivity index (χ3v) is 7.02. The van der Waals surface area contributed by atoms with Crippen LogP contribution in [0.5, 0.6) is 0 Å². The van der Waals surface area contributed by atoms with Gasteiger partial charge in [-0.25, -0.2) is 13.2 Å². The maximum absolute atomic E-state index is 13.3. The van der Waals surface area contributed by atoms with E-state index in [4.69, 9.17) is 0 Å². The number of nitrogens with zero attached hydrogens (tertiary/aromatic N) is 3. The van der Waals surface area contributed by atoms with Crippen LogP contribution in [0.3, 0.4) is 0 Å². The molecule has 11 heteroatoms. The van der Waals surface area contributed by atoms with Crippen LogP contribution in [-0.2, 0) is 24.3 Å². The van der Waals surface area contributed by atoms with Crippen LogP contribution in [0.4, 0.5) is 0 Å². The number of esters is 1. The molecule has 1 aliphatic rings. The summed E-state index contributed by atoms with van der Waals surface area (Å²) in [5.74, 6) is -1.74. The van der Waals surface area contributed by atoms with Gasteiger partial charge in [0.05, 0.1) is 17.6 Å². The number of hydrogen-bond donors (Lipinski definition) is 1. The van der Waals surface area contributed by atoms with E-state index in [1.54, 1.807) is 30.3 Å². The summed E-state index contributed by atoms with van der Waals surface area (Å²) in [5.41, 5.74) is 0.328. The van der Waals surface area contributed by atoms with E-state index in [2.05, 4.69) is 15.0 Å². The van der Waals surface area contributed by atoms with Crippen molar-refractivity contribution in [1.82, 2.24) is 19.5 Å². The molecule has 0 aliphatic carbocycles. The van der Waals surface area contributed by atoms with Crippen molar-refractivity contribution in [2.24, 2.45) is 0 Å². The Labute approximate surface area is 186 Å². The fourth-order valence-corrected chi connectivity index (χ4v) is 4.99. The lowest BCUT2D eigenvalue weighted by atomic mass is 10.1. The molecule has 1 fully saturated rings. The number of amides is 2. The van der Waals surface area contributed by atoms with Crippen LogP contribution < -0.4 is 5.32 Å². The van der Waals surface area contributed by atoms with Crippen molar-refractivity contribution >= 4 is 27.8 Å². The molecule has 1 aromatic carbocycles. The lowest BCUT2D eigenvalue weighted by Crippen LogP contribution is -2.62. The molecule has 0 bridgehead atoms. The van der Waals surface area contributed by atoms with Gasteiger partial charge in [0.1, 0.15) is 12.1 Å². The van der Waals surface area contributed by atoms with Crippen molar-refractivity contribution in [3.8, 4) is 0 Å². The number of rotatable bonds is 6. The molecule has 1 aliphatic heterocycles.